The zero-order valence-electron chi connectivity index (χ0n) is 22.3. The van der Waals surface area contributed by atoms with E-state index in [0.717, 1.165) is 36.1 Å². The number of hydrogen-bond donors (Lipinski definition) is 3. The summed E-state index contributed by atoms with van der Waals surface area (Å²) in [7, 11) is 1.37. The molecule has 8 heteroatoms. The van der Waals surface area contributed by atoms with Crippen LogP contribution in [0.2, 0.25) is 0 Å². The van der Waals surface area contributed by atoms with Gasteiger partial charge in [0.25, 0.3) is 0 Å². The lowest BCUT2D eigenvalue weighted by atomic mass is 10.00. The van der Waals surface area contributed by atoms with Crippen molar-refractivity contribution in [3.05, 3.63) is 90.0 Å². The maximum Gasteiger partial charge on any atom is 0.306 e. The minimum Gasteiger partial charge on any atom is -0.469 e. The van der Waals surface area contributed by atoms with Crippen LogP contribution in [0.15, 0.2) is 78.9 Å². The van der Waals surface area contributed by atoms with E-state index in [1.54, 1.807) is 0 Å². The van der Waals surface area contributed by atoms with Gasteiger partial charge in [-0.15, -0.1) is 12.4 Å². The molecule has 4 N–H and O–H groups in total. The number of likely N-dealkylation sites (tertiary alicyclic amines) is 1. The Morgan fingerprint density at radius 3 is 2.49 bits per heavy atom. The third-order valence-electron chi connectivity index (χ3n) is 7.18. The molecular weight excluding hydrogens is 512 g/mol. The van der Waals surface area contributed by atoms with Crippen molar-refractivity contribution >= 4 is 35.8 Å². The van der Waals surface area contributed by atoms with Gasteiger partial charge in [0, 0.05) is 30.4 Å². The first kappa shape index (κ1) is 29.7. The number of halogens is 1. The first-order valence-corrected chi connectivity index (χ1v) is 13.1. The normalized spacial score (nSPS) is 16.4. The molecule has 3 aromatic carbocycles. The third kappa shape index (κ3) is 8.07. The lowest BCUT2D eigenvalue weighted by Gasteiger charge is -2.25. The predicted octanol–water partition coefficient (Wildman–Crippen LogP) is 5.27. The van der Waals surface area contributed by atoms with Gasteiger partial charge in [0.2, 0.25) is 5.91 Å². The quantitative estimate of drug-likeness (QED) is 0.162. The average molecular weight is 549 g/mol. The van der Waals surface area contributed by atoms with Crippen LogP contribution < -0.4 is 11.1 Å². The second-order valence-corrected chi connectivity index (χ2v) is 9.77. The lowest BCUT2D eigenvalue weighted by Crippen LogP contribution is -2.36. The molecule has 206 valence electrons. The van der Waals surface area contributed by atoms with Crippen LogP contribution in [0.25, 0.3) is 11.1 Å². The number of nitrogens with one attached hydrogen (secondary N) is 2. The van der Waals surface area contributed by atoms with E-state index in [9.17, 15) is 9.59 Å². The van der Waals surface area contributed by atoms with Crippen LogP contribution in [0.3, 0.4) is 0 Å². The van der Waals surface area contributed by atoms with Gasteiger partial charge in [0.1, 0.15) is 5.84 Å². The number of amidine groups is 1. The molecule has 2 atom stereocenters. The molecule has 0 aliphatic carbocycles. The highest BCUT2D eigenvalue weighted by molar-refractivity contribution is 5.95. The molecule has 7 nitrogen and oxygen atoms in total. The number of aryl methyl sites for hydroxylation is 1. The Morgan fingerprint density at radius 1 is 1.05 bits per heavy atom. The standard InChI is InChI=1S/C31H36N4O3.ClH/c1-38-29(36)21-26-20-28(35(31(26)37)18-6-9-22-7-3-2-4-8-22)16-17-34-27-11-5-10-25(19-27)23-12-14-24(15-13-23)30(32)33;/h2-5,7-8,10-15,19,26,28,34H,6,9,16-18,20-21H2,1H3,(H3,32,33);1H/t26-,28+;/m0./s1. The Kier molecular flexibility index (Phi) is 10.9. The van der Waals surface area contributed by atoms with Crippen LogP contribution in [0.5, 0.6) is 0 Å². The number of nitrogens with two attached hydrogens (primary N) is 1. The molecule has 1 aliphatic heterocycles. The van der Waals surface area contributed by atoms with Gasteiger partial charge in [-0.05, 0) is 54.5 Å². The number of amides is 1. The van der Waals surface area contributed by atoms with Crippen molar-refractivity contribution in [2.75, 3.05) is 25.5 Å². The number of ether oxygens (including phenoxy) is 1. The number of nitrogen functional groups attached to an aromatic ring is 1. The fourth-order valence-electron chi connectivity index (χ4n) is 5.12. The molecule has 1 amide bonds. The van der Waals surface area contributed by atoms with Gasteiger partial charge >= 0.3 is 5.97 Å². The molecule has 0 aromatic heterocycles. The number of anilines is 1. The number of hydrogen-bond acceptors (Lipinski definition) is 5. The zero-order chi connectivity index (χ0) is 26.9. The highest BCUT2D eigenvalue weighted by atomic mass is 35.5. The molecule has 1 saturated heterocycles. The van der Waals surface area contributed by atoms with Gasteiger partial charge in [0.05, 0.1) is 19.4 Å². The summed E-state index contributed by atoms with van der Waals surface area (Å²) >= 11 is 0. The Hall–Kier alpha value is -3.84. The molecule has 1 aliphatic rings. The average Bonchev–Trinajstić information content (AvgIpc) is 3.23. The summed E-state index contributed by atoms with van der Waals surface area (Å²) < 4.78 is 4.84. The van der Waals surface area contributed by atoms with Gasteiger partial charge < -0.3 is 20.7 Å². The van der Waals surface area contributed by atoms with Crippen LogP contribution in [0.1, 0.15) is 36.8 Å². The summed E-state index contributed by atoms with van der Waals surface area (Å²) in [5.41, 5.74) is 10.7. The summed E-state index contributed by atoms with van der Waals surface area (Å²) in [6.07, 6.45) is 3.40. The largest absolute Gasteiger partial charge is 0.469 e. The van der Waals surface area contributed by atoms with Crippen molar-refractivity contribution in [1.29, 1.82) is 5.41 Å². The van der Waals surface area contributed by atoms with Crippen molar-refractivity contribution < 1.29 is 14.3 Å². The number of carbonyl (C=O) groups is 2. The number of benzene rings is 3. The second kappa shape index (κ2) is 14.4. The summed E-state index contributed by atoms with van der Waals surface area (Å²) in [6, 6.07) is 26.2. The maximum atomic E-state index is 13.2. The van der Waals surface area contributed by atoms with E-state index in [1.807, 2.05) is 59.5 Å². The number of esters is 1. The molecule has 0 bridgehead atoms. The molecule has 4 rings (SSSR count). The number of nitrogens with zero attached hydrogens (tertiary/aromatic N) is 1. The van der Waals surface area contributed by atoms with E-state index in [2.05, 4.69) is 29.6 Å². The predicted molar refractivity (Wildman–Crippen MR) is 158 cm³/mol. The molecule has 3 aromatic rings. The van der Waals surface area contributed by atoms with Crippen LogP contribution in [-0.2, 0) is 20.7 Å². The van der Waals surface area contributed by atoms with Gasteiger partial charge in [-0.2, -0.15) is 0 Å². The second-order valence-electron chi connectivity index (χ2n) is 9.77. The van der Waals surface area contributed by atoms with Crippen LogP contribution >= 0.6 is 12.4 Å². The van der Waals surface area contributed by atoms with E-state index >= 15 is 0 Å². The SMILES string of the molecule is COC(=O)C[C@@H]1C[C@@H](CCNc2cccc(-c3ccc(C(=N)N)cc3)c2)N(CCCc2ccccc2)C1=O.Cl. The minimum atomic E-state index is -0.334. The van der Waals surface area contributed by atoms with Crippen molar-refractivity contribution in [3.8, 4) is 11.1 Å². The van der Waals surface area contributed by atoms with Gasteiger partial charge in [0.15, 0.2) is 0 Å². The first-order chi connectivity index (χ1) is 18.4. The minimum absolute atomic E-state index is 0. The van der Waals surface area contributed by atoms with E-state index < -0.39 is 0 Å². The maximum absolute atomic E-state index is 13.2. The lowest BCUT2D eigenvalue weighted by molar-refractivity contribution is -0.144. The van der Waals surface area contributed by atoms with Crippen molar-refractivity contribution in [3.63, 3.8) is 0 Å². The number of methoxy groups -OCH3 is 1. The molecular formula is C31H37ClN4O3. The van der Waals surface area contributed by atoms with Crippen molar-refractivity contribution in [2.45, 2.75) is 38.1 Å². The zero-order valence-corrected chi connectivity index (χ0v) is 23.1. The molecule has 1 fully saturated rings. The molecule has 0 radical (unpaired) electrons. The monoisotopic (exact) mass is 548 g/mol. The first-order valence-electron chi connectivity index (χ1n) is 13.1. The Morgan fingerprint density at radius 2 is 1.79 bits per heavy atom. The van der Waals surface area contributed by atoms with E-state index in [0.29, 0.717) is 25.1 Å². The van der Waals surface area contributed by atoms with E-state index in [4.69, 9.17) is 15.9 Å². The van der Waals surface area contributed by atoms with Crippen LogP contribution in [0.4, 0.5) is 5.69 Å². The Balaban J connectivity index is 0.00000420. The van der Waals surface area contributed by atoms with E-state index in [1.165, 1.54) is 12.7 Å². The summed E-state index contributed by atoms with van der Waals surface area (Å²) in [6.45, 7) is 1.40. The third-order valence-corrected chi connectivity index (χ3v) is 7.18. The summed E-state index contributed by atoms with van der Waals surface area (Å²) in [4.78, 5) is 27.1. The highest BCUT2D eigenvalue weighted by Crippen LogP contribution is 2.30. The smallest absolute Gasteiger partial charge is 0.306 e. The van der Waals surface area contributed by atoms with E-state index in [-0.39, 0.29) is 48.5 Å². The topological polar surface area (TPSA) is 109 Å². The molecule has 1 heterocycles. The van der Waals surface area contributed by atoms with Gasteiger partial charge in [-0.3, -0.25) is 15.0 Å². The van der Waals surface area contributed by atoms with Crippen molar-refractivity contribution in [1.82, 2.24) is 4.90 Å². The molecule has 0 unspecified atom stereocenters. The fourth-order valence-corrected chi connectivity index (χ4v) is 5.12. The molecule has 0 saturated carbocycles. The number of rotatable bonds is 12. The molecule has 39 heavy (non-hydrogen) atoms. The number of carbonyl (C=O) groups excluding carboxylic acids is 2. The fraction of sp³-hybridized carbons (Fsp3) is 0.323. The van der Waals surface area contributed by atoms with Crippen LogP contribution in [0, 0.1) is 11.3 Å². The highest BCUT2D eigenvalue weighted by Gasteiger charge is 2.39. The Bertz CT molecular complexity index is 1250. The van der Waals surface area contributed by atoms with Gasteiger partial charge in [-0.1, -0.05) is 66.7 Å². The van der Waals surface area contributed by atoms with Crippen molar-refractivity contribution in [2.24, 2.45) is 11.7 Å². The van der Waals surface area contributed by atoms with Crippen LogP contribution in [-0.4, -0.2) is 48.9 Å². The summed E-state index contributed by atoms with van der Waals surface area (Å²) in [5.74, 6) is -0.533. The van der Waals surface area contributed by atoms with Gasteiger partial charge in [-0.25, -0.2) is 0 Å². The Labute approximate surface area is 236 Å². The molecule has 0 spiro atoms. The summed E-state index contributed by atoms with van der Waals surface area (Å²) in [5, 5.41) is 11.1.